The molecule has 25 heavy (non-hydrogen) atoms. The Morgan fingerprint density at radius 3 is 2.44 bits per heavy atom. The molecule has 0 radical (unpaired) electrons. The number of hydrogen-bond acceptors (Lipinski definition) is 4. The first-order chi connectivity index (χ1) is 12.1. The minimum Gasteiger partial charge on any atom is -0.438 e. The van der Waals surface area contributed by atoms with Crippen molar-refractivity contribution in [1.82, 2.24) is 19.7 Å². The van der Waals surface area contributed by atoms with Gasteiger partial charge in [-0.1, -0.05) is 18.2 Å². The third kappa shape index (κ3) is 2.96. The molecule has 0 aliphatic carbocycles. The summed E-state index contributed by atoms with van der Waals surface area (Å²) < 4.78 is 7.83. The predicted molar refractivity (Wildman–Crippen MR) is 97.4 cm³/mol. The van der Waals surface area contributed by atoms with Gasteiger partial charge in [0.15, 0.2) is 5.65 Å². The summed E-state index contributed by atoms with van der Waals surface area (Å²) in [7, 11) is 0. The first-order valence-corrected chi connectivity index (χ1v) is 8.12. The van der Waals surface area contributed by atoms with E-state index in [2.05, 4.69) is 40.2 Å². The number of ether oxygens (including phenoxy) is 1. The molecule has 0 saturated heterocycles. The molecule has 5 heteroatoms. The highest BCUT2D eigenvalue weighted by Gasteiger charge is 2.13. The van der Waals surface area contributed by atoms with Gasteiger partial charge in [0, 0.05) is 0 Å². The Kier molecular flexibility index (Phi) is 3.69. The standard InChI is InChI=1S/C20H18N4O/c1-13-5-4-6-16(8-13)24-19-18(11-23-24)20(22-12-21-19)25-17-9-14(2)7-15(3)10-17/h4-12H,1-3H3. The van der Waals surface area contributed by atoms with E-state index in [1.807, 2.05) is 38.1 Å². The van der Waals surface area contributed by atoms with Crippen LogP contribution in [0.3, 0.4) is 0 Å². The van der Waals surface area contributed by atoms with Gasteiger partial charge in [0.1, 0.15) is 17.5 Å². The molecule has 0 fully saturated rings. The van der Waals surface area contributed by atoms with E-state index in [4.69, 9.17) is 4.74 Å². The van der Waals surface area contributed by atoms with E-state index >= 15 is 0 Å². The van der Waals surface area contributed by atoms with Crippen molar-refractivity contribution in [3.8, 4) is 17.3 Å². The summed E-state index contributed by atoms with van der Waals surface area (Å²) in [5.41, 5.74) is 5.15. The fraction of sp³-hybridized carbons (Fsp3) is 0.150. The Balaban J connectivity index is 1.79. The van der Waals surface area contributed by atoms with Crippen molar-refractivity contribution in [1.29, 1.82) is 0 Å². The second kappa shape index (κ2) is 6.02. The van der Waals surface area contributed by atoms with Crippen LogP contribution in [0.1, 0.15) is 16.7 Å². The van der Waals surface area contributed by atoms with Gasteiger partial charge >= 0.3 is 0 Å². The summed E-state index contributed by atoms with van der Waals surface area (Å²) >= 11 is 0. The molecule has 2 heterocycles. The number of aromatic nitrogens is 4. The minimum absolute atomic E-state index is 0.508. The average molecular weight is 330 g/mol. The number of aryl methyl sites for hydroxylation is 3. The van der Waals surface area contributed by atoms with Crippen LogP contribution in [0, 0.1) is 20.8 Å². The second-order valence-electron chi connectivity index (χ2n) is 6.24. The molecule has 5 nitrogen and oxygen atoms in total. The van der Waals surface area contributed by atoms with Crippen molar-refractivity contribution in [2.24, 2.45) is 0 Å². The normalized spacial score (nSPS) is 11.0. The van der Waals surface area contributed by atoms with Crippen LogP contribution in [0.4, 0.5) is 0 Å². The van der Waals surface area contributed by atoms with Gasteiger partial charge in [0.2, 0.25) is 5.88 Å². The van der Waals surface area contributed by atoms with Crippen molar-refractivity contribution in [2.45, 2.75) is 20.8 Å². The summed E-state index contributed by atoms with van der Waals surface area (Å²) in [4.78, 5) is 8.69. The third-order valence-electron chi connectivity index (χ3n) is 3.99. The van der Waals surface area contributed by atoms with Crippen LogP contribution in [0.25, 0.3) is 16.7 Å². The number of rotatable bonds is 3. The third-order valence-corrected chi connectivity index (χ3v) is 3.99. The van der Waals surface area contributed by atoms with Crippen molar-refractivity contribution >= 4 is 11.0 Å². The molecule has 0 bridgehead atoms. The summed E-state index contributed by atoms with van der Waals surface area (Å²) in [6.45, 7) is 6.15. The van der Waals surface area contributed by atoms with Gasteiger partial charge in [0.25, 0.3) is 0 Å². The molecule has 4 rings (SSSR count). The molecule has 0 spiro atoms. The fourth-order valence-corrected chi connectivity index (χ4v) is 2.96. The van der Waals surface area contributed by atoms with Crippen molar-refractivity contribution < 1.29 is 4.74 Å². The summed E-state index contributed by atoms with van der Waals surface area (Å²) in [5.74, 6) is 1.27. The highest BCUT2D eigenvalue weighted by Crippen LogP contribution is 2.28. The first kappa shape index (κ1) is 15.3. The zero-order valence-corrected chi connectivity index (χ0v) is 14.4. The largest absolute Gasteiger partial charge is 0.438 e. The molecule has 4 aromatic rings. The van der Waals surface area contributed by atoms with Gasteiger partial charge in [-0.3, -0.25) is 0 Å². The highest BCUT2D eigenvalue weighted by molar-refractivity contribution is 5.81. The number of nitrogens with zero attached hydrogens (tertiary/aromatic N) is 4. The van der Waals surface area contributed by atoms with Gasteiger partial charge in [-0.05, 0) is 61.7 Å². The van der Waals surface area contributed by atoms with Gasteiger partial charge in [-0.15, -0.1) is 0 Å². The molecular formula is C20H18N4O. The van der Waals surface area contributed by atoms with Gasteiger partial charge in [0.05, 0.1) is 11.9 Å². The molecule has 2 aromatic carbocycles. The Hall–Kier alpha value is -3.21. The molecule has 2 aromatic heterocycles. The molecule has 0 amide bonds. The lowest BCUT2D eigenvalue weighted by Gasteiger charge is -2.08. The average Bonchev–Trinajstić information content (AvgIpc) is 2.99. The van der Waals surface area contributed by atoms with Gasteiger partial charge < -0.3 is 4.74 Å². The van der Waals surface area contributed by atoms with E-state index in [1.54, 1.807) is 10.9 Å². The molecule has 124 valence electrons. The van der Waals surface area contributed by atoms with Crippen LogP contribution in [-0.2, 0) is 0 Å². The van der Waals surface area contributed by atoms with E-state index in [-0.39, 0.29) is 0 Å². The predicted octanol–water partition coefficient (Wildman–Crippen LogP) is 4.53. The number of hydrogen-bond donors (Lipinski definition) is 0. The van der Waals surface area contributed by atoms with Crippen molar-refractivity contribution in [2.75, 3.05) is 0 Å². The van der Waals surface area contributed by atoms with Crippen molar-refractivity contribution in [3.63, 3.8) is 0 Å². The maximum atomic E-state index is 6.02. The Bertz CT molecular complexity index is 1050. The summed E-state index contributed by atoms with van der Waals surface area (Å²) in [5, 5.41) is 5.26. The maximum Gasteiger partial charge on any atom is 0.233 e. The maximum absolute atomic E-state index is 6.02. The molecule has 0 unspecified atom stereocenters. The molecular weight excluding hydrogens is 312 g/mol. The van der Waals surface area contributed by atoms with Crippen LogP contribution < -0.4 is 4.74 Å². The van der Waals surface area contributed by atoms with Gasteiger partial charge in [-0.2, -0.15) is 5.10 Å². The topological polar surface area (TPSA) is 52.8 Å². The Morgan fingerprint density at radius 2 is 1.68 bits per heavy atom. The number of benzene rings is 2. The molecule has 0 N–H and O–H groups in total. The smallest absolute Gasteiger partial charge is 0.233 e. The lowest BCUT2D eigenvalue weighted by Crippen LogP contribution is -1.98. The molecule has 0 saturated carbocycles. The Labute approximate surface area is 145 Å². The minimum atomic E-state index is 0.508. The summed E-state index contributed by atoms with van der Waals surface area (Å²) in [6, 6.07) is 14.2. The number of fused-ring (bicyclic) bond motifs is 1. The van der Waals surface area contributed by atoms with E-state index in [1.165, 1.54) is 11.9 Å². The summed E-state index contributed by atoms with van der Waals surface area (Å²) in [6.07, 6.45) is 3.25. The van der Waals surface area contributed by atoms with E-state index in [0.717, 1.165) is 33.6 Å². The molecule has 0 atom stereocenters. The van der Waals surface area contributed by atoms with E-state index in [0.29, 0.717) is 5.88 Å². The zero-order valence-electron chi connectivity index (χ0n) is 14.4. The fourth-order valence-electron chi connectivity index (χ4n) is 2.96. The first-order valence-electron chi connectivity index (χ1n) is 8.12. The van der Waals surface area contributed by atoms with Crippen LogP contribution in [0.5, 0.6) is 11.6 Å². The van der Waals surface area contributed by atoms with Crippen LogP contribution in [0.2, 0.25) is 0 Å². The van der Waals surface area contributed by atoms with Crippen molar-refractivity contribution in [3.05, 3.63) is 71.7 Å². The van der Waals surface area contributed by atoms with Crippen LogP contribution >= 0.6 is 0 Å². The quantitative estimate of drug-likeness (QED) is 0.554. The van der Waals surface area contributed by atoms with Gasteiger partial charge in [-0.25, -0.2) is 14.6 Å². The zero-order chi connectivity index (χ0) is 17.4. The Morgan fingerprint density at radius 1 is 0.880 bits per heavy atom. The second-order valence-corrected chi connectivity index (χ2v) is 6.24. The lowest BCUT2D eigenvalue weighted by atomic mass is 10.1. The highest BCUT2D eigenvalue weighted by atomic mass is 16.5. The van der Waals surface area contributed by atoms with Crippen LogP contribution in [-0.4, -0.2) is 19.7 Å². The van der Waals surface area contributed by atoms with E-state index in [9.17, 15) is 0 Å². The lowest BCUT2D eigenvalue weighted by molar-refractivity contribution is 0.467. The molecule has 0 aliphatic heterocycles. The SMILES string of the molecule is Cc1cc(C)cc(Oc2ncnc3c2cnn3-c2cccc(C)c2)c1. The monoisotopic (exact) mass is 330 g/mol. The van der Waals surface area contributed by atoms with E-state index < -0.39 is 0 Å². The van der Waals surface area contributed by atoms with Crippen LogP contribution in [0.15, 0.2) is 55.0 Å². The molecule has 0 aliphatic rings.